The third-order valence-electron chi connectivity index (χ3n) is 4.59. The van der Waals surface area contributed by atoms with Crippen LogP contribution < -0.4 is 10.2 Å². The number of hydrazone groups is 1. The summed E-state index contributed by atoms with van der Waals surface area (Å²) in [5, 5.41) is 6.32. The first-order chi connectivity index (χ1) is 15.1. The number of amides is 1. The molecule has 31 heavy (non-hydrogen) atoms. The second-order valence-corrected chi connectivity index (χ2v) is 7.10. The molecule has 0 saturated carbocycles. The average Bonchev–Trinajstić information content (AvgIpc) is 2.80. The van der Waals surface area contributed by atoms with Gasteiger partial charge in [-0.15, -0.1) is 0 Å². The first-order valence-electron chi connectivity index (χ1n) is 9.50. The van der Waals surface area contributed by atoms with Gasteiger partial charge in [0.05, 0.1) is 11.8 Å². The van der Waals surface area contributed by atoms with Crippen LogP contribution in [0, 0.1) is 0 Å². The van der Waals surface area contributed by atoms with Crippen molar-refractivity contribution in [3.63, 3.8) is 0 Å². The smallest absolute Gasteiger partial charge is 0.343 e. The van der Waals surface area contributed by atoms with Gasteiger partial charge in [-0.25, -0.2) is 10.2 Å². The van der Waals surface area contributed by atoms with Gasteiger partial charge in [-0.3, -0.25) is 4.79 Å². The van der Waals surface area contributed by atoms with Crippen LogP contribution in [0.3, 0.4) is 0 Å². The molecule has 0 bridgehead atoms. The van der Waals surface area contributed by atoms with E-state index >= 15 is 0 Å². The molecule has 0 spiro atoms. The number of benzene rings is 4. The summed E-state index contributed by atoms with van der Waals surface area (Å²) in [6.07, 6.45) is 1.47. The second-order valence-electron chi connectivity index (χ2n) is 6.66. The van der Waals surface area contributed by atoms with Crippen LogP contribution in [-0.2, 0) is 0 Å². The Hall–Kier alpha value is -3.96. The van der Waals surface area contributed by atoms with E-state index in [1.54, 1.807) is 54.6 Å². The molecule has 0 aliphatic rings. The standard InChI is InChI=1S/C25H17ClN2O3/c26-20-11-6-10-19(15-20)24(29)28-27-16-22-21-12-5-4-7-17(21)13-14-23(22)31-25(30)18-8-2-1-3-9-18/h1-16H,(H,28,29)/b27-16-. The molecule has 152 valence electrons. The number of halogens is 1. The molecular weight excluding hydrogens is 412 g/mol. The fourth-order valence-electron chi connectivity index (χ4n) is 3.08. The van der Waals surface area contributed by atoms with Gasteiger partial charge in [0.25, 0.3) is 5.91 Å². The summed E-state index contributed by atoms with van der Waals surface area (Å²) in [6.45, 7) is 0. The van der Waals surface area contributed by atoms with E-state index in [9.17, 15) is 9.59 Å². The molecule has 1 amide bonds. The Labute approximate surface area is 183 Å². The van der Waals surface area contributed by atoms with Crippen molar-refractivity contribution < 1.29 is 14.3 Å². The van der Waals surface area contributed by atoms with Crippen molar-refractivity contribution in [1.82, 2.24) is 5.43 Å². The topological polar surface area (TPSA) is 67.8 Å². The number of nitrogens with one attached hydrogen (secondary N) is 1. The Balaban J connectivity index is 1.63. The SMILES string of the molecule is O=C(N/N=C\c1c(OC(=O)c2ccccc2)ccc2ccccc12)c1cccc(Cl)c1. The van der Waals surface area contributed by atoms with Crippen LogP contribution in [0.5, 0.6) is 5.75 Å². The third-order valence-corrected chi connectivity index (χ3v) is 4.82. The van der Waals surface area contributed by atoms with Crippen molar-refractivity contribution in [2.75, 3.05) is 0 Å². The zero-order valence-corrected chi connectivity index (χ0v) is 17.0. The quantitative estimate of drug-likeness (QED) is 0.198. The highest BCUT2D eigenvalue weighted by atomic mass is 35.5. The van der Waals surface area contributed by atoms with Crippen LogP contribution in [0.25, 0.3) is 10.8 Å². The highest BCUT2D eigenvalue weighted by Crippen LogP contribution is 2.27. The minimum Gasteiger partial charge on any atom is -0.422 e. The molecule has 0 aliphatic heterocycles. The molecular formula is C25H17ClN2O3. The fourth-order valence-corrected chi connectivity index (χ4v) is 3.27. The lowest BCUT2D eigenvalue weighted by molar-refractivity contribution is 0.0734. The summed E-state index contributed by atoms with van der Waals surface area (Å²) >= 11 is 5.94. The van der Waals surface area contributed by atoms with E-state index in [0.29, 0.717) is 27.5 Å². The van der Waals surface area contributed by atoms with Crippen molar-refractivity contribution in [2.45, 2.75) is 0 Å². The molecule has 0 unspecified atom stereocenters. The number of hydrogen-bond acceptors (Lipinski definition) is 4. The molecule has 0 saturated heterocycles. The molecule has 0 atom stereocenters. The van der Waals surface area contributed by atoms with Gasteiger partial charge in [-0.2, -0.15) is 5.10 Å². The molecule has 0 heterocycles. The molecule has 0 aliphatic carbocycles. The Morgan fingerprint density at radius 2 is 1.58 bits per heavy atom. The Morgan fingerprint density at radius 3 is 2.39 bits per heavy atom. The molecule has 1 N–H and O–H groups in total. The van der Waals surface area contributed by atoms with E-state index in [-0.39, 0.29) is 0 Å². The van der Waals surface area contributed by atoms with E-state index in [1.807, 2.05) is 36.4 Å². The maximum Gasteiger partial charge on any atom is 0.343 e. The number of hydrogen-bond donors (Lipinski definition) is 1. The maximum atomic E-state index is 12.6. The average molecular weight is 429 g/mol. The van der Waals surface area contributed by atoms with E-state index in [2.05, 4.69) is 10.5 Å². The number of carbonyl (C=O) groups excluding carboxylic acids is 2. The summed E-state index contributed by atoms with van der Waals surface area (Å²) in [5.74, 6) is -0.538. The number of carbonyl (C=O) groups is 2. The van der Waals surface area contributed by atoms with Crippen molar-refractivity contribution >= 4 is 40.5 Å². The number of ether oxygens (including phenoxy) is 1. The first-order valence-corrected chi connectivity index (χ1v) is 9.87. The minimum absolute atomic E-state index is 0.341. The van der Waals surface area contributed by atoms with Crippen LogP contribution >= 0.6 is 11.6 Å². The minimum atomic E-state index is -0.478. The number of nitrogens with zero attached hydrogens (tertiary/aromatic N) is 1. The van der Waals surface area contributed by atoms with Crippen molar-refractivity contribution in [3.05, 3.63) is 113 Å². The van der Waals surface area contributed by atoms with Gasteiger partial charge >= 0.3 is 5.97 Å². The molecule has 5 nitrogen and oxygen atoms in total. The van der Waals surface area contributed by atoms with Gasteiger partial charge in [0.2, 0.25) is 0 Å². The fraction of sp³-hybridized carbons (Fsp3) is 0. The van der Waals surface area contributed by atoms with Gasteiger partial charge in [-0.1, -0.05) is 66.2 Å². The van der Waals surface area contributed by atoms with Gasteiger partial charge < -0.3 is 4.74 Å². The Bertz CT molecular complexity index is 1290. The lowest BCUT2D eigenvalue weighted by Gasteiger charge is -2.10. The van der Waals surface area contributed by atoms with Gasteiger partial charge in [-0.05, 0) is 47.2 Å². The summed E-state index contributed by atoms with van der Waals surface area (Å²) in [7, 11) is 0. The normalized spacial score (nSPS) is 10.9. The second kappa shape index (κ2) is 9.24. The lowest BCUT2D eigenvalue weighted by atomic mass is 10.0. The Morgan fingerprint density at radius 1 is 0.839 bits per heavy atom. The summed E-state index contributed by atoms with van der Waals surface area (Å²) < 4.78 is 5.64. The molecule has 6 heteroatoms. The van der Waals surface area contributed by atoms with Crippen LogP contribution in [-0.4, -0.2) is 18.1 Å². The van der Waals surface area contributed by atoms with Gasteiger partial charge in [0, 0.05) is 16.1 Å². The number of rotatable bonds is 5. The van der Waals surface area contributed by atoms with Gasteiger partial charge in [0.1, 0.15) is 5.75 Å². The van der Waals surface area contributed by atoms with Crippen molar-refractivity contribution in [3.8, 4) is 5.75 Å². The molecule has 4 aromatic carbocycles. The largest absolute Gasteiger partial charge is 0.422 e. The summed E-state index contributed by atoms with van der Waals surface area (Å²) in [4.78, 5) is 24.9. The predicted octanol–water partition coefficient (Wildman–Crippen LogP) is 5.48. The predicted molar refractivity (Wildman–Crippen MR) is 122 cm³/mol. The summed E-state index contributed by atoms with van der Waals surface area (Å²) in [6, 6.07) is 26.5. The van der Waals surface area contributed by atoms with Crippen LogP contribution in [0.2, 0.25) is 5.02 Å². The Kier molecular flexibility index (Phi) is 6.05. The van der Waals surface area contributed by atoms with Gasteiger partial charge in [0.15, 0.2) is 0 Å². The van der Waals surface area contributed by atoms with E-state index in [4.69, 9.17) is 16.3 Å². The molecule has 4 rings (SSSR count). The maximum absolute atomic E-state index is 12.6. The van der Waals surface area contributed by atoms with E-state index < -0.39 is 11.9 Å². The first kappa shape index (κ1) is 20.3. The number of esters is 1. The van der Waals surface area contributed by atoms with E-state index in [1.165, 1.54) is 6.21 Å². The molecule has 0 aromatic heterocycles. The molecule has 0 fully saturated rings. The third kappa shape index (κ3) is 4.79. The van der Waals surface area contributed by atoms with Crippen molar-refractivity contribution in [1.29, 1.82) is 0 Å². The van der Waals surface area contributed by atoms with Crippen LogP contribution in [0.1, 0.15) is 26.3 Å². The monoisotopic (exact) mass is 428 g/mol. The zero-order chi connectivity index (χ0) is 21.6. The summed E-state index contributed by atoms with van der Waals surface area (Å²) in [5.41, 5.74) is 3.89. The number of fused-ring (bicyclic) bond motifs is 1. The lowest BCUT2D eigenvalue weighted by Crippen LogP contribution is -2.17. The molecule has 4 aromatic rings. The highest BCUT2D eigenvalue weighted by molar-refractivity contribution is 6.31. The van der Waals surface area contributed by atoms with Crippen LogP contribution in [0.4, 0.5) is 0 Å². The van der Waals surface area contributed by atoms with Crippen LogP contribution in [0.15, 0.2) is 96.1 Å². The highest BCUT2D eigenvalue weighted by Gasteiger charge is 2.13. The van der Waals surface area contributed by atoms with E-state index in [0.717, 1.165) is 10.8 Å². The van der Waals surface area contributed by atoms with Crippen molar-refractivity contribution in [2.24, 2.45) is 5.10 Å². The molecule has 0 radical (unpaired) electrons. The zero-order valence-electron chi connectivity index (χ0n) is 16.3.